The summed E-state index contributed by atoms with van der Waals surface area (Å²) < 4.78 is 10.8. The Bertz CT molecular complexity index is 479. The molecule has 8 heteroatoms. The predicted octanol–water partition coefficient (Wildman–Crippen LogP) is 2.17. The highest BCUT2D eigenvalue weighted by atomic mass is 35.5. The zero-order valence-electron chi connectivity index (χ0n) is 14.8. The summed E-state index contributed by atoms with van der Waals surface area (Å²) in [7, 11) is 1.67. The average Bonchev–Trinajstić information content (AvgIpc) is 2.91. The SMILES string of the molecule is CC(C)COC(C)c1noc(CN(C)C(=O)[C@@H](N)C(C)C)n1.Cl. The van der Waals surface area contributed by atoms with E-state index in [0.29, 0.717) is 24.2 Å². The van der Waals surface area contributed by atoms with E-state index in [1.54, 1.807) is 7.05 Å². The Morgan fingerprint density at radius 1 is 1.30 bits per heavy atom. The zero-order chi connectivity index (χ0) is 16.9. The molecule has 1 aromatic rings. The summed E-state index contributed by atoms with van der Waals surface area (Å²) in [6.07, 6.45) is -0.237. The molecule has 0 saturated carbocycles. The van der Waals surface area contributed by atoms with Crippen LogP contribution in [0.4, 0.5) is 0 Å². The monoisotopic (exact) mass is 348 g/mol. The molecule has 1 rings (SSSR count). The molecule has 0 saturated heterocycles. The van der Waals surface area contributed by atoms with E-state index in [1.165, 1.54) is 4.90 Å². The maximum atomic E-state index is 12.1. The maximum absolute atomic E-state index is 12.1. The van der Waals surface area contributed by atoms with Crippen molar-refractivity contribution in [3.8, 4) is 0 Å². The van der Waals surface area contributed by atoms with E-state index in [9.17, 15) is 4.79 Å². The van der Waals surface area contributed by atoms with Crippen molar-refractivity contribution in [1.29, 1.82) is 0 Å². The summed E-state index contributed by atoms with van der Waals surface area (Å²) in [5, 5.41) is 3.91. The van der Waals surface area contributed by atoms with Crippen molar-refractivity contribution in [3.63, 3.8) is 0 Å². The van der Waals surface area contributed by atoms with Crippen LogP contribution in [0.25, 0.3) is 0 Å². The van der Waals surface area contributed by atoms with Crippen molar-refractivity contribution in [1.82, 2.24) is 15.0 Å². The molecule has 0 aliphatic rings. The van der Waals surface area contributed by atoms with Crippen molar-refractivity contribution >= 4 is 18.3 Å². The third-order valence-corrected chi connectivity index (χ3v) is 3.28. The molecule has 1 heterocycles. The molecule has 23 heavy (non-hydrogen) atoms. The van der Waals surface area contributed by atoms with Crippen LogP contribution in [0, 0.1) is 11.8 Å². The van der Waals surface area contributed by atoms with Crippen LogP contribution >= 0.6 is 12.4 Å². The van der Waals surface area contributed by atoms with Gasteiger partial charge in [-0.1, -0.05) is 32.9 Å². The van der Waals surface area contributed by atoms with Gasteiger partial charge in [-0.05, 0) is 18.8 Å². The number of aromatic nitrogens is 2. The van der Waals surface area contributed by atoms with Gasteiger partial charge in [0.15, 0.2) is 5.82 Å². The van der Waals surface area contributed by atoms with Crippen LogP contribution in [0.2, 0.25) is 0 Å². The van der Waals surface area contributed by atoms with Crippen molar-refractivity contribution in [2.75, 3.05) is 13.7 Å². The summed E-state index contributed by atoms with van der Waals surface area (Å²) in [6.45, 7) is 10.7. The largest absolute Gasteiger partial charge is 0.370 e. The zero-order valence-corrected chi connectivity index (χ0v) is 15.6. The molecule has 2 N–H and O–H groups in total. The van der Waals surface area contributed by atoms with Gasteiger partial charge < -0.3 is 19.9 Å². The Hall–Kier alpha value is -1.18. The van der Waals surface area contributed by atoms with Crippen molar-refractivity contribution in [2.45, 2.75) is 53.3 Å². The molecule has 1 amide bonds. The summed E-state index contributed by atoms with van der Waals surface area (Å²) in [5.41, 5.74) is 5.86. The number of rotatable bonds is 8. The molecule has 0 radical (unpaired) electrons. The lowest BCUT2D eigenvalue weighted by atomic mass is 10.0. The number of nitrogens with two attached hydrogens (primary N) is 1. The quantitative estimate of drug-likeness (QED) is 0.773. The first-order valence-electron chi connectivity index (χ1n) is 7.67. The van der Waals surface area contributed by atoms with Gasteiger partial charge >= 0.3 is 0 Å². The Morgan fingerprint density at radius 2 is 1.91 bits per heavy atom. The highest BCUT2D eigenvalue weighted by Gasteiger charge is 2.23. The normalized spacial score (nSPS) is 13.8. The minimum absolute atomic E-state index is 0. The fourth-order valence-corrected chi connectivity index (χ4v) is 1.73. The molecule has 0 aliphatic carbocycles. The Morgan fingerprint density at radius 3 is 2.43 bits per heavy atom. The van der Waals surface area contributed by atoms with Gasteiger partial charge in [-0.15, -0.1) is 12.4 Å². The number of likely N-dealkylation sites (N-methyl/N-ethyl adjacent to an activating group) is 1. The summed E-state index contributed by atoms with van der Waals surface area (Å²) in [6, 6.07) is -0.527. The van der Waals surface area contributed by atoms with Crippen LogP contribution in [0.1, 0.15) is 52.4 Å². The summed E-state index contributed by atoms with van der Waals surface area (Å²) in [4.78, 5) is 17.9. The van der Waals surface area contributed by atoms with Crippen LogP contribution < -0.4 is 5.73 Å². The van der Waals surface area contributed by atoms with E-state index in [2.05, 4.69) is 24.0 Å². The van der Waals surface area contributed by atoms with Crippen molar-refractivity contribution < 1.29 is 14.1 Å². The minimum Gasteiger partial charge on any atom is -0.370 e. The van der Waals surface area contributed by atoms with Gasteiger partial charge in [0.1, 0.15) is 6.10 Å². The molecule has 1 aromatic heterocycles. The molecule has 0 fully saturated rings. The first kappa shape index (κ1) is 21.8. The van der Waals surface area contributed by atoms with E-state index < -0.39 is 6.04 Å². The molecule has 0 bridgehead atoms. The maximum Gasteiger partial charge on any atom is 0.246 e. The minimum atomic E-state index is -0.527. The number of ether oxygens (including phenoxy) is 1. The fraction of sp³-hybridized carbons (Fsp3) is 0.800. The lowest BCUT2D eigenvalue weighted by molar-refractivity contribution is -0.133. The number of amides is 1. The first-order valence-corrected chi connectivity index (χ1v) is 7.67. The van der Waals surface area contributed by atoms with E-state index in [-0.39, 0.29) is 36.9 Å². The lowest BCUT2D eigenvalue weighted by Gasteiger charge is -2.21. The average molecular weight is 349 g/mol. The molecule has 1 unspecified atom stereocenters. The Labute approximate surface area is 144 Å². The number of hydrogen-bond donors (Lipinski definition) is 1. The van der Waals surface area contributed by atoms with Gasteiger partial charge in [0.2, 0.25) is 11.8 Å². The smallest absolute Gasteiger partial charge is 0.246 e. The second kappa shape index (κ2) is 9.85. The summed E-state index contributed by atoms with van der Waals surface area (Å²) in [5.74, 6) is 1.25. The van der Waals surface area contributed by atoms with Gasteiger partial charge in [0, 0.05) is 13.7 Å². The van der Waals surface area contributed by atoms with Crippen molar-refractivity contribution in [3.05, 3.63) is 11.7 Å². The van der Waals surface area contributed by atoms with Gasteiger partial charge in [-0.25, -0.2) is 0 Å². The topological polar surface area (TPSA) is 94.5 Å². The van der Waals surface area contributed by atoms with E-state index in [0.717, 1.165) is 0 Å². The van der Waals surface area contributed by atoms with Crippen LogP contribution in [0.15, 0.2) is 4.52 Å². The molecular formula is C15H29ClN4O3. The second-order valence-corrected chi connectivity index (χ2v) is 6.38. The molecule has 7 nitrogen and oxygen atoms in total. The van der Waals surface area contributed by atoms with Gasteiger partial charge in [-0.3, -0.25) is 4.79 Å². The van der Waals surface area contributed by atoms with E-state index in [1.807, 2.05) is 20.8 Å². The van der Waals surface area contributed by atoms with E-state index >= 15 is 0 Å². The highest BCUT2D eigenvalue weighted by molar-refractivity contribution is 5.85. The Kier molecular flexibility index (Phi) is 9.34. The molecule has 0 aromatic carbocycles. The number of carbonyl (C=O) groups is 1. The predicted molar refractivity (Wildman–Crippen MR) is 90.0 cm³/mol. The molecule has 0 spiro atoms. The van der Waals surface area contributed by atoms with Crippen LogP contribution in [-0.2, 0) is 16.1 Å². The van der Waals surface area contributed by atoms with Crippen molar-refractivity contribution in [2.24, 2.45) is 17.6 Å². The lowest BCUT2D eigenvalue weighted by Crippen LogP contribution is -2.44. The fourth-order valence-electron chi connectivity index (χ4n) is 1.73. The van der Waals surface area contributed by atoms with Gasteiger partial charge in [0.25, 0.3) is 0 Å². The Balaban J connectivity index is 0.00000484. The highest BCUT2D eigenvalue weighted by Crippen LogP contribution is 2.15. The van der Waals surface area contributed by atoms with Crippen LogP contribution in [0.5, 0.6) is 0 Å². The molecular weight excluding hydrogens is 320 g/mol. The third kappa shape index (κ3) is 6.85. The second-order valence-electron chi connectivity index (χ2n) is 6.38. The molecule has 2 atom stereocenters. The third-order valence-electron chi connectivity index (χ3n) is 3.28. The van der Waals surface area contributed by atoms with Crippen LogP contribution in [0.3, 0.4) is 0 Å². The van der Waals surface area contributed by atoms with Gasteiger partial charge in [-0.2, -0.15) is 4.98 Å². The van der Waals surface area contributed by atoms with Crippen LogP contribution in [-0.4, -0.2) is 40.6 Å². The molecule has 0 aliphatic heterocycles. The number of nitrogens with zero attached hydrogens (tertiary/aromatic N) is 3. The standard InChI is InChI=1S/C15H28N4O3.ClH/c1-9(2)8-21-11(5)14-17-12(22-18-14)7-19(6)15(20)13(16)10(3)4;/h9-11,13H,7-8,16H2,1-6H3;1H/t11?,13-;/m0./s1. The molecule has 134 valence electrons. The number of carbonyl (C=O) groups excluding carboxylic acids is 1. The number of halogens is 1. The van der Waals surface area contributed by atoms with Gasteiger partial charge in [0.05, 0.1) is 12.6 Å². The van der Waals surface area contributed by atoms with E-state index in [4.69, 9.17) is 15.0 Å². The number of hydrogen-bond acceptors (Lipinski definition) is 6. The first-order chi connectivity index (χ1) is 10.2. The summed E-state index contributed by atoms with van der Waals surface area (Å²) >= 11 is 0.